The van der Waals surface area contributed by atoms with Gasteiger partial charge in [0.25, 0.3) is 5.89 Å². The summed E-state index contributed by atoms with van der Waals surface area (Å²) in [6.45, 7) is 5.63. The number of aromatic nitrogens is 3. The third-order valence-electron chi connectivity index (χ3n) is 3.08. The fourth-order valence-corrected chi connectivity index (χ4v) is 2.08. The van der Waals surface area contributed by atoms with E-state index >= 15 is 0 Å². The van der Waals surface area contributed by atoms with Gasteiger partial charge in [0.15, 0.2) is 5.82 Å². The molecule has 0 amide bonds. The van der Waals surface area contributed by atoms with E-state index in [4.69, 9.17) is 10.3 Å². The number of benzene rings is 1. The number of pyridine rings is 1. The van der Waals surface area contributed by atoms with Gasteiger partial charge in [-0.05, 0) is 32.9 Å². The van der Waals surface area contributed by atoms with Crippen LogP contribution in [-0.4, -0.2) is 15.1 Å². The van der Waals surface area contributed by atoms with Gasteiger partial charge < -0.3 is 10.3 Å². The minimum absolute atomic E-state index is 0.472. The van der Waals surface area contributed by atoms with E-state index in [1.165, 1.54) is 0 Å². The van der Waals surface area contributed by atoms with Crippen molar-refractivity contribution >= 4 is 10.9 Å². The summed E-state index contributed by atoms with van der Waals surface area (Å²) in [5.41, 5.74) is 8.07. The lowest BCUT2D eigenvalue weighted by Crippen LogP contribution is -2.30. The highest BCUT2D eigenvalue weighted by molar-refractivity contribution is 5.92. The molecule has 3 aromatic rings. The normalized spacial score (nSPS) is 12.0. The maximum absolute atomic E-state index is 5.99. The van der Waals surface area contributed by atoms with E-state index in [2.05, 4.69) is 15.1 Å². The van der Waals surface area contributed by atoms with Crippen LogP contribution in [0.2, 0.25) is 0 Å². The molecular formula is C15H16N4O. The van der Waals surface area contributed by atoms with Crippen molar-refractivity contribution in [2.24, 2.45) is 5.73 Å². The zero-order valence-electron chi connectivity index (χ0n) is 11.7. The summed E-state index contributed by atoms with van der Waals surface area (Å²) in [5, 5.41) is 4.96. The Morgan fingerprint density at radius 2 is 1.90 bits per heavy atom. The Hall–Kier alpha value is -2.27. The summed E-state index contributed by atoms with van der Waals surface area (Å²) in [5.74, 6) is 0.964. The lowest BCUT2D eigenvalue weighted by molar-refractivity contribution is 0.397. The van der Waals surface area contributed by atoms with Crippen LogP contribution in [0.3, 0.4) is 0 Å². The minimum atomic E-state index is -0.625. The molecule has 0 saturated heterocycles. The number of nitrogens with zero attached hydrogens (tertiary/aromatic N) is 3. The zero-order valence-corrected chi connectivity index (χ0v) is 11.7. The van der Waals surface area contributed by atoms with Crippen molar-refractivity contribution in [3.05, 3.63) is 41.9 Å². The van der Waals surface area contributed by atoms with Crippen LogP contribution >= 0.6 is 0 Å². The lowest BCUT2D eigenvalue weighted by Gasteiger charge is -2.11. The maximum atomic E-state index is 5.99. The number of rotatable bonds is 2. The molecule has 0 radical (unpaired) electrons. The van der Waals surface area contributed by atoms with Crippen molar-refractivity contribution in [1.82, 2.24) is 15.1 Å². The molecule has 2 aromatic heterocycles. The summed E-state index contributed by atoms with van der Waals surface area (Å²) in [4.78, 5) is 8.92. The monoisotopic (exact) mass is 268 g/mol. The highest BCUT2D eigenvalue weighted by Gasteiger charge is 2.22. The van der Waals surface area contributed by atoms with Crippen molar-refractivity contribution in [3.8, 4) is 11.5 Å². The van der Waals surface area contributed by atoms with Gasteiger partial charge in [0.1, 0.15) is 0 Å². The van der Waals surface area contributed by atoms with E-state index in [1.54, 1.807) is 0 Å². The summed E-state index contributed by atoms with van der Waals surface area (Å²) in [6, 6.07) is 9.83. The second-order valence-corrected chi connectivity index (χ2v) is 5.47. The summed E-state index contributed by atoms with van der Waals surface area (Å²) in [7, 11) is 0. The third kappa shape index (κ3) is 2.16. The van der Waals surface area contributed by atoms with Gasteiger partial charge in [-0.25, -0.2) is 0 Å². The molecule has 20 heavy (non-hydrogen) atoms. The van der Waals surface area contributed by atoms with Crippen molar-refractivity contribution in [3.63, 3.8) is 0 Å². The number of aryl methyl sites for hydroxylation is 1. The van der Waals surface area contributed by atoms with Crippen molar-refractivity contribution < 1.29 is 4.52 Å². The summed E-state index contributed by atoms with van der Waals surface area (Å²) in [6.07, 6.45) is 0. The van der Waals surface area contributed by atoms with Crippen LogP contribution < -0.4 is 5.73 Å². The Balaban J connectivity index is 2.21. The Morgan fingerprint density at radius 1 is 1.15 bits per heavy atom. The first-order chi connectivity index (χ1) is 9.45. The highest BCUT2D eigenvalue weighted by Crippen LogP contribution is 2.28. The minimum Gasteiger partial charge on any atom is -0.334 e. The smallest absolute Gasteiger partial charge is 0.258 e. The van der Waals surface area contributed by atoms with Crippen LogP contribution in [0, 0.1) is 6.92 Å². The fourth-order valence-electron chi connectivity index (χ4n) is 2.08. The molecule has 0 fully saturated rings. The number of nitrogens with two attached hydrogens (primary N) is 1. The van der Waals surface area contributed by atoms with Gasteiger partial charge in [-0.15, -0.1) is 0 Å². The second kappa shape index (κ2) is 4.38. The molecular weight excluding hydrogens is 252 g/mol. The Labute approximate surface area is 116 Å². The van der Waals surface area contributed by atoms with Gasteiger partial charge in [-0.1, -0.05) is 23.4 Å². The van der Waals surface area contributed by atoms with Crippen molar-refractivity contribution in [1.29, 1.82) is 0 Å². The number of hydrogen-bond donors (Lipinski definition) is 1. The van der Waals surface area contributed by atoms with Crippen molar-refractivity contribution in [2.75, 3.05) is 0 Å². The number of hydrogen-bond acceptors (Lipinski definition) is 5. The molecule has 0 aliphatic rings. The Bertz CT molecular complexity index is 771. The lowest BCUT2D eigenvalue weighted by atomic mass is 10.1. The standard InChI is InChI=1S/C15H16N4O/c1-9-8-11(10-6-4-5-7-12(10)17-9)13-18-14(19-20-13)15(2,3)16/h4-8H,16H2,1-3H3. The first-order valence-corrected chi connectivity index (χ1v) is 6.45. The van der Waals surface area contributed by atoms with Gasteiger partial charge in [-0.2, -0.15) is 4.98 Å². The van der Waals surface area contributed by atoms with Crippen LogP contribution in [-0.2, 0) is 5.54 Å². The van der Waals surface area contributed by atoms with Gasteiger partial charge in [0.2, 0.25) is 0 Å². The van der Waals surface area contributed by atoms with E-state index in [0.29, 0.717) is 11.7 Å². The molecule has 3 rings (SSSR count). The van der Waals surface area contributed by atoms with E-state index in [-0.39, 0.29) is 0 Å². The average Bonchev–Trinajstić information content (AvgIpc) is 2.87. The van der Waals surface area contributed by atoms with Crippen LogP contribution in [0.4, 0.5) is 0 Å². The molecule has 5 heteroatoms. The molecule has 0 atom stereocenters. The van der Waals surface area contributed by atoms with E-state index in [0.717, 1.165) is 22.2 Å². The van der Waals surface area contributed by atoms with E-state index < -0.39 is 5.54 Å². The number of para-hydroxylation sites is 1. The number of fused-ring (bicyclic) bond motifs is 1. The molecule has 0 aliphatic heterocycles. The van der Waals surface area contributed by atoms with Gasteiger partial charge in [0.05, 0.1) is 16.6 Å². The SMILES string of the molecule is Cc1cc(-c2nc(C(C)(C)N)no2)c2ccccc2n1. The van der Waals surface area contributed by atoms with Gasteiger partial charge in [0, 0.05) is 11.1 Å². The predicted molar refractivity (Wildman–Crippen MR) is 77.0 cm³/mol. The molecule has 0 aliphatic carbocycles. The molecule has 2 N–H and O–H groups in total. The quantitative estimate of drug-likeness (QED) is 0.773. The molecule has 2 heterocycles. The molecule has 0 bridgehead atoms. The Morgan fingerprint density at radius 3 is 2.60 bits per heavy atom. The van der Waals surface area contributed by atoms with Gasteiger partial charge in [-0.3, -0.25) is 4.98 Å². The molecule has 5 nitrogen and oxygen atoms in total. The third-order valence-corrected chi connectivity index (χ3v) is 3.08. The van der Waals surface area contributed by atoms with E-state index in [1.807, 2.05) is 51.1 Å². The molecule has 0 saturated carbocycles. The molecule has 1 aromatic carbocycles. The fraction of sp³-hybridized carbons (Fsp3) is 0.267. The second-order valence-electron chi connectivity index (χ2n) is 5.47. The topological polar surface area (TPSA) is 77.8 Å². The Kier molecular flexibility index (Phi) is 2.79. The van der Waals surface area contributed by atoms with Crippen LogP contribution in [0.1, 0.15) is 25.4 Å². The average molecular weight is 268 g/mol. The van der Waals surface area contributed by atoms with Crippen LogP contribution in [0.15, 0.2) is 34.9 Å². The molecule has 0 unspecified atom stereocenters. The molecule has 0 spiro atoms. The van der Waals surface area contributed by atoms with Gasteiger partial charge >= 0.3 is 0 Å². The largest absolute Gasteiger partial charge is 0.334 e. The summed E-state index contributed by atoms with van der Waals surface area (Å²) >= 11 is 0. The van der Waals surface area contributed by atoms with Crippen LogP contribution in [0.5, 0.6) is 0 Å². The van der Waals surface area contributed by atoms with Crippen LogP contribution in [0.25, 0.3) is 22.4 Å². The molecule has 102 valence electrons. The first-order valence-electron chi connectivity index (χ1n) is 6.45. The predicted octanol–water partition coefficient (Wildman–Crippen LogP) is 2.79. The van der Waals surface area contributed by atoms with E-state index in [9.17, 15) is 0 Å². The van der Waals surface area contributed by atoms with Crippen molar-refractivity contribution in [2.45, 2.75) is 26.3 Å². The maximum Gasteiger partial charge on any atom is 0.258 e. The highest BCUT2D eigenvalue weighted by atomic mass is 16.5. The first kappa shape index (κ1) is 12.7. The zero-order chi connectivity index (χ0) is 14.3. The summed E-state index contributed by atoms with van der Waals surface area (Å²) < 4.78 is 5.37.